The Morgan fingerprint density at radius 3 is 2.81 bits per heavy atom. The molecule has 0 amide bonds. The van der Waals surface area contributed by atoms with E-state index in [0.717, 1.165) is 54.0 Å². The third-order valence-electron chi connectivity index (χ3n) is 5.02. The Balaban J connectivity index is 1.68. The third-order valence-corrected chi connectivity index (χ3v) is 5.42. The minimum Gasteiger partial charge on any atom is -0.349 e. The van der Waals surface area contributed by atoms with Gasteiger partial charge in [-0.2, -0.15) is 5.10 Å². The highest BCUT2D eigenvalue weighted by atomic mass is 35.5. The molecule has 0 bridgehead atoms. The van der Waals surface area contributed by atoms with Crippen molar-refractivity contribution in [2.45, 2.75) is 46.2 Å². The number of hydrogen-bond donors (Lipinski definition) is 0. The Morgan fingerprint density at radius 2 is 2.07 bits per heavy atom. The number of anilines is 1. The summed E-state index contributed by atoms with van der Waals surface area (Å²) >= 11 is 6.76. The van der Waals surface area contributed by atoms with Crippen LogP contribution in [-0.2, 0) is 6.54 Å². The third kappa shape index (κ3) is 3.46. The molecule has 0 spiro atoms. The number of imidazole rings is 1. The van der Waals surface area contributed by atoms with Gasteiger partial charge < -0.3 is 4.90 Å². The molecule has 1 unspecified atom stereocenters. The summed E-state index contributed by atoms with van der Waals surface area (Å²) in [6.45, 7) is 8.22. The summed E-state index contributed by atoms with van der Waals surface area (Å²) < 4.78 is 3.87. The predicted molar refractivity (Wildman–Crippen MR) is 107 cm³/mol. The fourth-order valence-electron chi connectivity index (χ4n) is 3.86. The topological polar surface area (TPSA) is 51.8 Å². The number of aryl methyl sites for hydroxylation is 1. The zero-order valence-corrected chi connectivity index (χ0v) is 16.8. The van der Waals surface area contributed by atoms with E-state index in [1.54, 1.807) is 12.5 Å². The summed E-state index contributed by atoms with van der Waals surface area (Å²) in [7, 11) is 0. The van der Waals surface area contributed by atoms with Gasteiger partial charge >= 0.3 is 0 Å². The van der Waals surface area contributed by atoms with Gasteiger partial charge in [0.25, 0.3) is 0 Å². The molecule has 1 atom stereocenters. The van der Waals surface area contributed by atoms with E-state index in [4.69, 9.17) is 21.7 Å². The van der Waals surface area contributed by atoms with Gasteiger partial charge in [-0.05, 0) is 37.8 Å². The van der Waals surface area contributed by atoms with Gasteiger partial charge in [-0.1, -0.05) is 31.5 Å². The molecule has 1 fully saturated rings. The lowest BCUT2D eigenvalue weighted by atomic mass is 10.1. The van der Waals surface area contributed by atoms with E-state index in [9.17, 15) is 0 Å². The summed E-state index contributed by atoms with van der Waals surface area (Å²) in [6.07, 6.45) is 7.62. The van der Waals surface area contributed by atoms with Crippen LogP contribution in [0.2, 0.25) is 5.15 Å². The normalized spacial score (nSPS) is 17.2. The molecule has 0 aliphatic carbocycles. The molecule has 142 valence electrons. The monoisotopic (exact) mass is 384 g/mol. The lowest BCUT2D eigenvalue weighted by Crippen LogP contribution is -2.24. The zero-order valence-electron chi connectivity index (χ0n) is 16.0. The first-order valence-corrected chi connectivity index (χ1v) is 9.87. The van der Waals surface area contributed by atoms with Gasteiger partial charge in [0, 0.05) is 31.0 Å². The van der Waals surface area contributed by atoms with E-state index < -0.39 is 0 Å². The van der Waals surface area contributed by atoms with Crippen molar-refractivity contribution in [1.29, 1.82) is 0 Å². The van der Waals surface area contributed by atoms with Crippen molar-refractivity contribution in [3.05, 3.63) is 53.3 Å². The number of hydrogen-bond acceptors (Lipinski definition) is 4. The second-order valence-corrected chi connectivity index (χ2v) is 7.90. The van der Waals surface area contributed by atoms with Crippen LogP contribution in [0.25, 0.3) is 5.82 Å². The zero-order chi connectivity index (χ0) is 19.0. The summed E-state index contributed by atoms with van der Waals surface area (Å²) in [6, 6.07) is 6.32. The first kappa shape index (κ1) is 18.0. The highest BCUT2D eigenvalue weighted by molar-refractivity contribution is 6.30. The molecule has 4 rings (SSSR count). The molecule has 4 heterocycles. The molecular weight excluding hydrogens is 360 g/mol. The SMILES string of the molecule is Cc1nn(CC(C)C)c(Cl)c1C1CCCN1c1cccc(-n2ccnc2)n1. The van der Waals surface area contributed by atoms with Gasteiger partial charge in [-0.3, -0.25) is 9.25 Å². The fraction of sp³-hybridized carbons (Fsp3) is 0.450. The Kier molecular flexibility index (Phi) is 4.91. The van der Waals surface area contributed by atoms with Crippen LogP contribution >= 0.6 is 11.6 Å². The van der Waals surface area contributed by atoms with Crippen molar-refractivity contribution >= 4 is 17.4 Å². The van der Waals surface area contributed by atoms with E-state index in [1.807, 2.05) is 27.6 Å². The fourth-order valence-corrected chi connectivity index (χ4v) is 4.23. The number of nitrogens with zero attached hydrogens (tertiary/aromatic N) is 6. The van der Waals surface area contributed by atoms with Crippen LogP contribution in [0.1, 0.15) is 44.0 Å². The van der Waals surface area contributed by atoms with Crippen molar-refractivity contribution in [1.82, 2.24) is 24.3 Å². The number of pyridine rings is 1. The first-order chi connectivity index (χ1) is 13.0. The maximum Gasteiger partial charge on any atom is 0.140 e. The second kappa shape index (κ2) is 7.35. The van der Waals surface area contributed by atoms with Crippen LogP contribution in [-0.4, -0.2) is 30.9 Å². The van der Waals surface area contributed by atoms with Crippen molar-refractivity contribution < 1.29 is 0 Å². The van der Waals surface area contributed by atoms with Crippen LogP contribution in [0.15, 0.2) is 36.9 Å². The maximum absolute atomic E-state index is 6.76. The van der Waals surface area contributed by atoms with Crippen molar-refractivity contribution in [3.8, 4) is 5.82 Å². The lowest BCUT2D eigenvalue weighted by molar-refractivity contribution is 0.481. The van der Waals surface area contributed by atoms with Crippen molar-refractivity contribution in [2.75, 3.05) is 11.4 Å². The van der Waals surface area contributed by atoms with Crippen LogP contribution in [0.4, 0.5) is 5.82 Å². The lowest BCUT2D eigenvalue weighted by Gasteiger charge is -2.26. The molecule has 7 heteroatoms. The van der Waals surface area contributed by atoms with Crippen LogP contribution < -0.4 is 4.90 Å². The molecule has 1 saturated heterocycles. The molecule has 1 aliphatic rings. The van der Waals surface area contributed by atoms with Crippen LogP contribution in [0.3, 0.4) is 0 Å². The largest absolute Gasteiger partial charge is 0.349 e. The minimum atomic E-state index is 0.212. The van der Waals surface area contributed by atoms with E-state index in [1.165, 1.54) is 0 Å². The first-order valence-electron chi connectivity index (χ1n) is 9.49. The van der Waals surface area contributed by atoms with Gasteiger partial charge in [0.2, 0.25) is 0 Å². The van der Waals surface area contributed by atoms with Gasteiger partial charge in [-0.15, -0.1) is 0 Å². The Bertz CT molecular complexity index is 915. The molecule has 27 heavy (non-hydrogen) atoms. The standard InChI is InChI=1S/C20H25ClN6/c1-14(2)12-27-20(21)19(15(3)24-27)16-6-5-10-26(16)18-8-4-7-17(23-18)25-11-9-22-13-25/h4,7-9,11,13-14,16H,5-6,10,12H2,1-3H3. The quantitative estimate of drug-likeness (QED) is 0.653. The van der Waals surface area contributed by atoms with E-state index in [-0.39, 0.29) is 6.04 Å². The van der Waals surface area contributed by atoms with Gasteiger partial charge in [-0.25, -0.2) is 9.97 Å². The van der Waals surface area contributed by atoms with Crippen molar-refractivity contribution in [2.24, 2.45) is 5.92 Å². The van der Waals surface area contributed by atoms with Crippen molar-refractivity contribution in [3.63, 3.8) is 0 Å². The predicted octanol–water partition coefficient (Wildman–Crippen LogP) is 4.42. The summed E-state index contributed by atoms with van der Waals surface area (Å²) in [5.74, 6) is 2.34. The molecular formula is C20H25ClN6. The molecule has 6 nitrogen and oxygen atoms in total. The smallest absolute Gasteiger partial charge is 0.140 e. The molecule has 0 aromatic carbocycles. The summed E-state index contributed by atoms with van der Waals surface area (Å²) in [5.41, 5.74) is 2.16. The Morgan fingerprint density at radius 1 is 1.26 bits per heavy atom. The number of rotatable bonds is 5. The average Bonchev–Trinajstić information content (AvgIpc) is 3.37. The minimum absolute atomic E-state index is 0.212. The maximum atomic E-state index is 6.76. The highest BCUT2D eigenvalue weighted by Gasteiger charge is 2.32. The molecule has 3 aromatic rings. The Hall–Kier alpha value is -2.34. The molecule has 1 aliphatic heterocycles. The summed E-state index contributed by atoms with van der Waals surface area (Å²) in [5, 5.41) is 5.47. The number of aromatic nitrogens is 5. The van der Waals surface area contributed by atoms with E-state index >= 15 is 0 Å². The van der Waals surface area contributed by atoms with Crippen LogP contribution in [0, 0.1) is 12.8 Å². The summed E-state index contributed by atoms with van der Waals surface area (Å²) in [4.78, 5) is 11.3. The molecule has 0 saturated carbocycles. The molecule has 3 aromatic heterocycles. The molecule has 0 N–H and O–H groups in total. The second-order valence-electron chi connectivity index (χ2n) is 7.54. The van der Waals surface area contributed by atoms with Gasteiger partial charge in [0.15, 0.2) is 0 Å². The van der Waals surface area contributed by atoms with Gasteiger partial charge in [0.05, 0.1) is 11.7 Å². The average molecular weight is 385 g/mol. The van der Waals surface area contributed by atoms with E-state index in [2.05, 4.69) is 36.7 Å². The van der Waals surface area contributed by atoms with Gasteiger partial charge in [0.1, 0.15) is 23.1 Å². The molecule has 0 radical (unpaired) electrons. The Labute approximate surface area is 164 Å². The van der Waals surface area contributed by atoms with E-state index in [0.29, 0.717) is 5.92 Å². The number of halogens is 1. The highest BCUT2D eigenvalue weighted by Crippen LogP contribution is 2.40. The van der Waals surface area contributed by atoms with Crippen LogP contribution in [0.5, 0.6) is 0 Å².